The molecule has 0 spiro atoms. The molecule has 0 N–H and O–H groups in total. The van der Waals surface area contributed by atoms with Gasteiger partial charge in [0.25, 0.3) is 0 Å². The first-order valence-corrected chi connectivity index (χ1v) is 11.3. The van der Waals surface area contributed by atoms with Crippen LogP contribution in [-0.4, -0.2) is 19.9 Å². The van der Waals surface area contributed by atoms with Crippen LogP contribution < -0.4 is 0 Å². The summed E-state index contributed by atoms with van der Waals surface area (Å²) in [6.45, 7) is 4.14. The minimum absolute atomic E-state index is 0.600. The van der Waals surface area contributed by atoms with Crippen LogP contribution in [0, 0.1) is 13.8 Å². The van der Waals surface area contributed by atoms with Gasteiger partial charge in [-0.2, -0.15) is 0 Å². The highest BCUT2D eigenvalue weighted by Crippen LogP contribution is 2.30. The number of benzene rings is 3. The van der Waals surface area contributed by atoms with Crippen molar-refractivity contribution in [1.29, 1.82) is 0 Å². The molecule has 0 saturated heterocycles. The highest BCUT2D eigenvalue weighted by Gasteiger charge is 2.13. The van der Waals surface area contributed by atoms with E-state index in [2.05, 4.69) is 55.5 Å². The van der Waals surface area contributed by atoms with Crippen LogP contribution in [0.5, 0.6) is 0 Å². The Labute approximate surface area is 198 Å². The Morgan fingerprint density at radius 3 is 1.76 bits per heavy atom. The second-order valence-corrected chi connectivity index (χ2v) is 8.50. The van der Waals surface area contributed by atoms with E-state index in [0.29, 0.717) is 5.82 Å². The van der Waals surface area contributed by atoms with E-state index < -0.39 is 0 Å². The topological polar surface area (TPSA) is 51.6 Å². The fourth-order valence-corrected chi connectivity index (χ4v) is 4.40. The zero-order chi connectivity index (χ0) is 23.1. The largest absolute Gasteiger partial charge is 0.251 e. The highest BCUT2D eigenvalue weighted by molar-refractivity contribution is 6.04. The summed E-state index contributed by atoms with van der Waals surface area (Å²) in [5.74, 6) is 0.600. The maximum absolute atomic E-state index is 5.04. The van der Waals surface area contributed by atoms with Crippen molar-refractivity contribution in [2.45, 2.75) is 13.8 Å². The normalized spacial score (nSPS) is 11.2. The molecular formula is C30H22N4. The number of aryl methyl sites for hydroxylation is 2. The molecule has 3 aromatic heterocycles. The molecule has 34 heavy (non-hydrogen) atoms. The van der Waals surface area contributed by atoms with E-state index in [9.17, 15) is 0 Å². The van der Waals surface area contributed by atoms with Gasteiger partial charge in [-0.1, -0.05) is 78.9 Å². The molecule has 0 unspecified atom stereocenters. The van der Waals surface area contributed by atoms with Crippen LogP contribution in [0.25, 0.3) is 55.8 Å². The van der Waals surface area contributed by atoms with Crippen LogP contribution in [0.15, 0.2) is 97.1 Å². The Hall–Kier alpha value is -4.44. The molecule has 4 nitrogen and oxygen atoms in total. The Morgan fingerprint density at radius 1 is 0.500 bits per heavy atom. The van der Waals surface area contributed by atoms with Gasteiger partial charge in [0, 0.05) is 27.6 Å². The van der Waals surface area contributed by atoms with E-state index in [0.717, 1.165) is 55.7 Å². The molecule has 0 atom stereocenters. The lowest BCUT2D eigenvalue weighted by molar-refractivity contribution is 1.16. The van der Waals surface area contributed by atoms with E-state index in [-0.39, 0.29) is 0 Å². The van der Waals surface area contributed by atoms with Crippen LogP contribution >= 0.6 is 0 Å². The second-order valence-electron chi connectivity index (χ2n) is 8.50. The Kier molecular flexibility index (Phi) is 4.84. The quantitative estimate of drug-likeness (QED) is 0.274. The van der Waals surface area contributed by atoms with Crippen molar-refractivity contribution >= 4 is 21.8 Å². The predicted octanol–water partition coefficient (Wildman–Crippen LogP) is 7.19. The molecular weight excluding hydrogens is 416 g/mol. The molecule has 0 amide bonds. The van der Waals surface area contributed by atoms with Crippen molar-refractivity contribution in [3.8, 4) is 34.0 Å². The van der Waals surface area contributed by atoms with E-state index >= 15 is 0 Å². The maximum atomic E-state index is 5.04. The van der Waals surface area contributed by atoms with Gasteiger partial charge in [-0.3, -0.25) is 4.98 Å². The molecule has 0 saturated carbocycles. The van der Waals surface area contributed by atoms with Crippen LogP contribution in [0.1, 0.15) is 11.3 Å². The third-order valence-corrected chi connectivity index (χ3v) is 6.07. The summed E-state index contributed by atoms with van der Waals surface area (Å²) in [5, 5.41) is 2.17. The summed E-state index contributed by atoms with van der Waals surface area (Å²) in [5.41, 5.74) is 8.53. The molecule has 6 rings (SSSR count). The predicted molar refractivity (Wildman–Crippen MR) is 138 cm³/mol. The fourth-order valence-electron chi connectivity index (χ4n) is 4.40. The van der Waals surface area contributed by atoms with Gasteiger partial charge in [-0.15, -0.1) is 0 Å². The minimum atomic E-state index is 0.600. The first-order chi connectivity index (χ1) is 16.7. The number of aromatic nitrogens is 4. The summed E-state index contributed by atoms with van der Waals surface area (Å²) in [7, 11) is 0. The van der Waals surface area contributed by atoms with Crippen molar-refractivity contribution in [3.63, 3.8) is 0 Å². The van der Waals surface area contributed by atoms with E-state index in [1.807, 2.05) is 55.5 Å². The van der Waals surface area contributed by atoms with Gasteiger partial charge in [0.15, 0.2) is 5.82 Å². The standard InChI is InChI=1S/C30H22N4/c1-19-17-20(2)31-29-24(19)15-13-23-14-16-25(32-28(23)29)30-33-26(21-9-5-3-6-10-21)18-27(34-30)22-11-7-4-8-12-22/h3-18H,1-2H3. The fraction of sp³-hybridized carbons (Fsp3) is 0.0667. The molecule has 0 aliphatic heterocycles. The van der Waals surface area contributed by atoms with Gasteiger partial charge in [0.05, 0.1) is 22.4 Å². The lowest BCUT2D eigenvalue weighted by atomic mass is 10.1. The highest BCUT2D eigenvalue weighted by atomic mass is 14.9. The summed E-state index contributed by atoms with van der Waals surface area (Å²) < 4.78 is 0. The smallest absolute Gasteiger partial charge is 0.179 e. The number of fused-ring (bicyclic) bond motifs is 3. The van der Waals surface area contributed by atoms with Gasteiger partial charge in [-0.25, -0.2) is 15.0 Å². The average Bonchev–Trinajstić information content (AvgIpc) is 2.89. The zero-order valence-corrected chi connectivity index (χ0v) is 19.0. The van der Waals surface area contributed by atoms with Gasteiger partial charge in [0.1, 0.15) is 5.69 Å². The first kappa shape index (κ1) is 20.2. The molecule has 0 aliphatic rings. The molecule has 0 aliphatic carbocycles. The number of hydrogen-bond donors (Lipinski definition) is 0. The second kappa shape index (κ2) is 8.16. The zero-order valence-electron chi connectivity index (χ0n) is 19.0. The van der Waals surface area contributed by atoms with Crippen molar-refractivity contribution in [3.05, 3.63) is 108 Å². The third-order valence-electron chi connectivity index (χ3n) is 6.07. The van der Waals surface area contributed by atoms with Crippen LogP contribution in [0.3, 0.4) is 0 Å². The van der Waals surface area contributed by atoms with E-state index in [4.69, 9.17) is 19.9 Å². The molecule has 162 valence electrons. The maximum Gasteiger partial charge on any atom is 0.179 e. The molecule has 4 heteroatoms. The van der Waals surface area contributed by atoms with Crippen molar-refractivity contribution in [2.24, 2.45) is 0 Å². The van der Waals surface area contributed by atoms with Crippen LogP contribution in [0.4, 0.5) is 0 Å². The Morgan fingerprint density at radius 2 is 1.12 bits per heavy atom. The Balaban J connectivity index is 1.60. The number of rotatable bonds is 3. The van der Waals surface area contributed by atoms with Crippen molar-refractivity contribution in [1.82, 2.24) is 19.9 Å². The lowest BCUT2D eigenvalue weighted by Crippen LogP contribution is -1.98. The van der Waals surface area contributed by atoms with Gasteiger partial charge >= 0.3 is 0 Å². The average molecular weight is 439 g/mol. The molecule has 6 aromatic rings. The summed E-state index contributed by atoms with van der Waals surface area (Å²) in [6.07, 6.45) is 0. The summed E-state index contributed by atoms with van der Waals surface area (Å²) >= 11 is 0. The molecule has 3 heterocycles. The van der Waals surface area contributed by atoms with Crippen molar-refractivity contribution in [2.75, 3.05) is 0 Å². The summed E-state index contributed by atoms with van der Waals surface area (Å²) in [6, 6.07) is 32.8. The number of nitrogens with zero attached hydrogens (tertiary/aromatic N) is 4. The minimum Gasteiger partial charge on any atom is -0.251 e. The Bertz CT molecular complexity index is 1600. The van der Waals surface area contributed by atoms with Gasteiger partial charge in [0.2, 0.25) is 0 Å². The lowest BCUT2D eigenvalue weighted by Gasteiger charge is -2.11. The number of pyridine rings is 2. The molecule has 0 radical (unpaired) electrons. The molecule has 3 aromatic carbocycles. The number of hydrogen-bond acceptors (Lipinski definition) is 4. The van der Waals surface area contributed by atoms with E-state index in [1.165, 1.54) is 5.56 Å². The van der Waals surface area contributed by atoms with Crippen molar-refractivity contribution < 1.29 is 0 Å². The van der Waals surface area contributed by atoms with Crippen LogP contribution in [-0.2, 0) is 0 Å². The van der Waals surface area contributed by atoms with Gasteiger partial charge in [-0.05, 0) is 37.6 Å². The van der Waals surface area contributed by atoms with E-state index in [1.54, 1.807) is 0 Å². The van der Waals surface area contributed by atoms with Gasteiger partial charge < -0.3 is 0 Å². The molecule has 0 fully saturated rings. The summed E-state index contributed by atoms with van der Waals surface area (Å²) in [4.78, 5) is 19.7. The van der Waals surface area contributed by atoms with Crippen LogP contribution in [0.2, 0.25) is 0 Å². The third kappa shape index (κ3) is 3.59. The first-order valence-electron chi connectivity index (χ1n) is 11.3. The molecule has 0 bridgehead atoms. The monoisotopic (exact) mass is 438 g/mol. The SMILES string of the molecule is Cc1cc(C)c2ccc3ccc(-c4nc(-c5ccccc5)cc(-c5ccccc5)n4)nc3c2n1.